The molecule has 482 valence electrons. The zero-order valence-corrected chi connectivity index (χ0v) is 59.2. The summed E-state index contributed by atoms with van der Waals surface area (Å²) in [5.41, 5.74) is 32.3. The molecular weight excluding hydrogens is 1160 g/mol. The summed E-state index contributed by atoms with van der Waals surface area (Å²) in [7, 11) is 8.22. The lowest BCUT2D eigenvalue weighted by molar-refractivity contribution is -0.744. The van der Waals surface area contributed by atoms with E-state index in [1.807, 2.05) is 50.8 Å². The molecule has 12 heteroatoms. The number of hydrogen-bond donors (Lipinski definition) is 0. The second kappa shape index (κ2) is 29.2. The van der Waals surface area contributed by atoms with Gasteiger partial charge in [0.05, 0.1) is 70.1 Å². The van der Waals surface area contributed by atoms with Gasteiger partial charge in [0.15, 0.2) is 40.6 Å². The number of aromatic nitrogens is 12. The van der Waals surface area contributed by atoms with Crippen LogP contribution in [-0.4, -0.2) is 38.7 Å². The summed E-state index contributed by atoms with van der Waals surface area (Å²) >= 11 is 0. The van der Waals surface area contributed by atoms with E-state index in [1.165, 1.54) is 94.6 Å². The number of aryl methyl sites for hydroxylation is 15. The number of nitrogens with zero attached hydrogens (tertiary/aromatic N) is 12. The van der Waals surface area contributed by atoms with Gasteiger partial charge in [0.25, 0.3) is 0 Å². The molecule has 0 atom stereocenters. The molecule has 0 saturated carbocycles. The normalized spacial score (nSPS) is 11.1. The summed E-state index contributed by atoms with van der Waals surface area (Å²) in [4.78, 5) is 18.9. The van der Waals surface area contributed by atoms with Gasteiger partial charge in [0.2, 0.25) is 12.4 Å². The number of benzene rings is 5. The van der Waals surface area contributed by atoms with Gasteiger partial charge in [0, 0.05) is 35.7 Å². The molecular formula is C83H94N12+4. The highest BCUT2D eigenvalue weighted by Gasteiger charge is 2.24. The largest absolute Gasteiger partial charge is 0.259 e. The Morgan fingerprint density at radius 2 is 0.726 bits per heavy atom. The van der Waals surface area contributed by atoms with E-state index < -0.39 is 0 Å². The maximum absolute atomic E-state index is 5.05. The Labute approximate surface area is 563 Å². The first-order valence-corrected chi connectivity index (χ1v) is 33.0. The first kappa shape index (κ1) is 67.4. The van der Waals surface area contributed by atoms with Crippen LogP contribution in [0.25, 0.3) is 78.6 Å². The minimum Gasteiger partial charge on any atom is -0.259 e. The zero-order valence-electron chi connectivity index (χ0n) is 59.2. The Kier molecular flexibility index (Phi) is 20.7. The van der Waals surface area contributed by atoms with Crippen LogP contribution in [-0.2, 0) is 28.2 Å². The molecule has 0 saturated heterocycles. The second-order valence-corrected chi connectivity index (χ2v) is 25.8. The first-order chi connectivity index (χ1) is 45.5. The quantitative estimate of drug-likeness (QED) is 0.121. The maximum atomic E-state index is 5.05. The molecule has 13 aromatic rings. The minimum absolute atomic E-state index is 0.466. The topological polar surface area (TPSA) is 86.8 Å². The van der Waals surface area contributed by atoms with Crippen molar-refractivity contribution in [3.8, 4) is 78.6 Å². The lowest BCUT2D eigenvalue weighted by atomic mass is 9.86. The second-order valence-electron chi connectivity index (χ2n) is 25.8. The van der Waals surface area contributed by atoms with Crippen LogP contribution in [0.5, 0.6) is 0 Å². The van der Waals surface area contributed by atoms with Crippen LogP contribution < -0.4 is 18.7 Å². The predicted molar refractivity (Wildman–Crippen MR) is 386 cm³/mol. The third-order valence-corrected chi connectivity index (χ3v) is 18.0. The predicted octanol–water partition coefficient (Wildman–Crippen LogP) is 16.8. The molecule has 0 spiro atoms. The van der Waals surface area contributed by atoms with Crippen molar-refractivity contribution in [1.29, 1.82) is 0 Å². The molecule has 5 aromatic carbocycles. The minimum atomic E-state index is 0.466. The molecule has 0 aliphatic rings. The van der Waals surface area contributed by atoms with Crippen LogP contribution in [0, 0.1) is 76.2 Å². The van der Waals surface area contributed by atoms with Crippen LogP contribution in [0.3, 0.4) is 0 Å². The van der Waals surface area contributed by atoms with E-state index >= 15 is 0 Å². The summed E-state index contributed by atoms with van der Waals surface area (Å²) in [6.07, 6.45) is 20.7. The number of rotatable bonds is 11. The molecule has 0 fully saturated rings. The van der Waals surface area contributed by atoms with E-state index in [0.717, 1.165) is 56.9 Å². The van der Waals surface area contributed by atoms with E-state index in [-0.39, 0.29) is 0 Å². The molecule has 0 radical (unpaired) electrons. The Balaban J connectivity index is 0.000000139. The van der Waals surface area contributed by atoms with Crippen molar-refractivity contribution in [3.05, 3.63) is 286 Å². The summed E-state index contributed by atoms with van der Waals surface area (Å²) < 4.78 is 17.0. The van der Waals surface area contributed by atoms with Crippen LogP contribution in [0.15, 0.2) is 214 Å². The smallest absolute Gasteiger partial charge is 0.203 e. The summed E-state index contributed by atoms with van der Waals surface area (Å²) in [5, 5.41) is 0. The van der Waals surface area contributed by atoms with Gasteiger partial charge in [-0.05, 0) is 185 Å². The molecule has 13 rings (SSSR count). The van der Waals surface area contributed by atoms with Crippen LogP contribution >= 0.6 is 0 Å². The average Bonchev–Trinajstić information content (AvgIpc) is 1.81. The molecule has 8 aromatic heterocycles. The fourth-order valence-electron chi connectivity index (χ4n) is 13.3. The Hall–Kier alpha value is -10.5. The fourth-order valence-corrected chi connectivity index (χ4v) is 13.3. The monoisotopic (exact) mass is 1260 g/mol. The average molecular weight is 1260 g/mol. The molecule has 0 N–H and O–H groups in total. The van der Waals surface area contributed by atoms with Gasteiger partial charge in [-0.1, -0.05) is 143 Å². The van der Waals surface area contributed by atoms with Crippen LogP contribution in [0.4, 0.5) is 0 Å². The van der Waals surface area contributed by atoms with Crippen molar-refractivity contribution < 1.29 is 18.7 Å². The number of pyridine rings is 4. The van der Waals surface area contributed by atoms with Crippen molar-refractivity contribution in [2.75, 3.05) is 0 Å². The SMILES string of the molecule is Cc1cc(-c2c(C(C)C)cccc2C(C)C)nc(C)c1-n1ccc[n+]1C.Cc1cccc(-c2ccccc2)c1-c1cc(C)c(-n2ccc[n+]2C)c(C)n1.Cc1cccc(C)c1-c1cn(-c2c(C)ccnc2C)[n+](C)c1.Cc1ccnc(C)c1-n1cc(-c2ccccc2)c[n+]1C. The highest BCUT2D eigenvalue weighted by Crippen LogP contribution is 2.38. The van der Waals surface area contributed by atoms with Gasteiger partial charge in [-0.3, -0.25) is 19.9 Å². The molecule has 0 aliphatic heterocycles. The van der Waals surface area contributed by atoms with Crippen molar-refractivity contribution in [3.63, 3.8) is 0 Å². The maximum Gasteiger partial charge on any atom is 0.203 e. The Morgan fingerprint density at radius 3 is 1.16 bits per heavy atom. The molecule has 95 heavy (non-hydrogen) atoms. The molecule has 0 unspecified atom stereocenters. The van der Waals surface area contributed by atoms with Gasteiger partial charge in [-0.2, -0.15) is 0 Å². The van der Waals surface area contributed by atoms with E-state index in [0.29, 0.717) is 11.8 Å². The molecule has 0 bridgehead atoms. The molecule has 8 heterocycles. The van der Waals surface area contributed by atoms with Crippen molar-refractivity contribution in [2.45, 2.75) is 116 Å². The molecule has 0 amide bonds. The summed E-state index contributed by atoms with van der Waals surface area (Å²) in [5.74, 6) is 0.932. The van der Waals surface area contributed by atoms with Gasteiger partial charge >= 0.3 is 0 Å². The van der Waals surface area contributed by atoms with Crippen molar-refractivity contribution in [1.82, 2.24) is 38.7 Å². The molecule has 12 nitrogen and oxygen atoms in total. The van der Waals surface area contributed by atoms with Gasteiger partial charge in [0.1, 0.15) is 22.7 Å². The van der Waals surface area contributed by atoms with Gasteiger partial charge in [-0.25, -0.2) is 0 Å². The van der Waals surface area contributed by atoms with E-state index in [4.69, 9.17) is 9.97 Å². The molecule has 0 aliphatic carbocycles. The van der Waals surface area contributed by atoms with Crippen LogP contribution in [0.1, 0.15) is 112 Å². The Morgan fingerprint density at radius 1 is 0.326 bits per heavy atom. The van der Waals surface area contributed by atoms with Gasteiger partial charge in [-0.15, -0.1) is 37.5 Å². The summed E-state index contributed by atoms with van der Waals surface area (Å²) in [6, 6.07) is 53.2. The van der Waals surface area contributed by atoms with Crippen LogP contribution in [0.2, 0.25) is 0 Å². The zero-order chi connectivity index (χ0) is 67.9. The Bertz CT molecular complexity index is 4710. The third kappa shape index (κ3) is 14.5. The lowest BCUT2D eigenvalue weighted by Gasteiger charge is -2.20. The third-order valence-electron chi connectivity index (χ3n) is 18.0. The van der Waals surface area contributed by atoms with Crippen molar-refractivity contribution >= 4 is 0 Å². The fraction of sp³-hybridized carbons (Fsp3) is 0.253. The van der Waals surface area contributed by atoms with E-state index in [1.54, 1.807) is 0 Å². The first-order valence-electron chi connectivity index (χ1n) is 33.0. The highest BCUT2D eigenvalue weighted by atomic mass is 15.4. The van der Waals surface area contributed by atoms with Gasteiger partial charge < -0.3 is 0 Å². The highest BCUT2D eigenvalue weighted by molar-refractivity contribution is 5.85. The standard InChI is InChI=1S/C24H24N3.C23H30N3.C19H22N3.C17H18N3/c1-17-10-8-13-21(20-11-6-5-7-12-20)23(17)22-16-18(2)24(19(3)25-22)27-15-9-14-26(27)4;1-15(2)19-10-8-11-20(16(3)4)22(19)21-14-17(5)23(18(6)24-21)26-13-9-12-25(26)7;1-13-7-6-8-14(2)18(13)17-11-21(5)22(12-17)19-15(3)9-10-20-16(19)4;1-13-9-10-18-14(2)17(13)20-12-16(11-19(20)3)15-7-5-4-6-8-15/h5-16H,1-4H3;8-16H,1-7H3;6-12H,1-5H3;4-12H,1-3H3/q4*+1. The van der Waals surface area contributed by atoms with E-state index in [9.17, 15) is 0 Å². The van der Waals surface area contributed by atoms with E-state index in [2.05, 4.69) is 342 Å². The number of hydrogen-bond acceptors (Lipinski definition) is 4. The van der Waals surface area contributed by atoms with Crippen molar-refractivity contribution in [2.24, 2.45) is 28.2 Å². The lowest BCUT2D eigenvalue weighted by Crippen LogP contribution is -2.37. The summed E-state index contributed by atoms with van der Waals surface area (Å²) in [6.45, 7) is 32.4.